The van der Waals surface area contributed by atoms with Crippen LogP contribution in [0.5, 0.6) is 5.75 Å². The Hall–Kier alpha value is -4.33. The van der Waals surface area contributed by atoms with Crippen molar-refractivity contribution in [3.63, 3.8) is 0 Å². The van der Waals surface area contributed by atoms with E-state index in [4.69, 9.17) is 4.74 Å². The van der Waals surface area contributed by atoms with E-state index in [-0.39, 0.29) is 42.4 Å². The minimum Gasteiger partial charge on any atom is -0.489 e. The zero-order valence-electron chi connectivity index (χ0n) is 19.3. The zero-order chi connectivity index (χ0) is 24.6. The van der Waals surface area contributed by atoms with Gasteiger partial charge in [-0.2, -0.15) is 0 Å². The molecule has 178 valence electrons. The van der Waals surface area contributed by atoms with E-state index in [1.54, 1.807) is 42.5 Å². The van der Waals surface area contributed by atoms with Crippen molar-refractivity contribution in [3.8, 4) is 17.1 Å². The molecule has 3 aromatic carbocycles. The van der Waals surface area contributed by atoms with Crippen LogP contribution in [-0.2, 0) is 24.4 Å². The van der Waals surface area contributed by atoms with E-state index in [0.717, 1.165) is 11.1 Å². The Balaban J connectivity index is 1.30. The van der Waals surface area contributed by atoms with Gasteiger partial charge in [-0.05, 0) is 42.8 Å². The largest absolute Gasteiger partial charge is 0.489 e. The molecule has 0 radical (unpaired) electrons. The Bertz CT molecular complexity index is 1370. The monoisotopic (exact) mass is 472 g/mol. The fourth-order valence-electron chi connectivity index (χ4n) is 3.48. The summed E-state index contributed by atoms with van der Waals surface area (Å²) in [7, 11) is 0. The summed E-state index contributed by atoms with van der Waals surface area (Å²) in [5.74, 6) is 0.382. The van der Waals surface area contributed by atoms with Gasteiger partial charge in [-0.1, -0.05) is 48.0 Å². The smallest absolute Gasteiger partial charge is 0.273 e. The van der Waals surface area contributed by atoms with Gasteiger partial charge in [0, 0.05) is 30.5 Å². The number of H-pyrrole nitrogens is 1. The molecule has 4 aromatic rings. The second-order valence-electron chi connectivity index (χ2n) is 8.12. The molecule has 35 heavy (non-hydrogen) atoms. The van der Waals surface area contributed by atoms with Gasteiger partial charge in [-0.25, -0.2) is 4.39 Å². The number of hydrogen-bond donors (Lipinski definition) is 2. The van der Waals surface area contributed by atoms with Crippen molar-refractivity contribution in [2.75, 3.05) is 0 Å². The predicted octanol–water partition coefficient (Wildman–Crippen LogP) is 4.11. The lowest BCUT2D eigenvalue weighted by Crippen LogP contribution is -2.25. The standard InChI is InChI=1S/C27H25FN4O3/c1-18-5-4-6-19(15-18)16-29-25(33)14-13-24-27(34)30-26(32-31-24)20-9-11-22(12-10-20)35-17-21-7-2-3-8-23(21)28/h2-12,15H,13-14,16-17H2,1H3,(H,29,33)(H,30,32,34). The second-order valence-corrected chi connectivity index (χ2v) is 8.12. The van der Waals surface area contributed by atoms with E-state index < -0.39 is 0 Å². The fraction of sp³-hybridized carbons (Fsp3) is 0.185. The Labute approximate surface area is 202 Å². The van der Waals surface area contributed by atoms with Crippen LogP contribution in [0.25, 0.3) is 11.4 Å². The number of carbonyl (C=O) groups excluding carboxylic acids is 1. The summed E-state index contributed by atoms with van der Waals surface area (Å²) in [6.45, 7) is 2.54. The van der Waals surface area contributed by atoms with Gasteiger partial charge in [0.25, 0.3) is 5.56 Å². The number of nitrogens with zero attached hydrogens (tertiary/aromatic N) is 2. The van der Waals surface area contributed by atoms with E-state index in [2.05, 4.69) is 20.5 Å². The third-order valence-corrected chi connectivity index (χ3v) is 5.41. The molecule has 0 aliphatic heterocycles. The lowest BCUT2D eigenvalue weighted by atomic mass is 10.1. The summed E-state index contributed by atoms with van der Waals surface area (Å²) < 4.78 is 19.3. The van der Waals surface area contributed by atoms with Crippen LogP contribution in [0.15, 0.2) is 77.6 Å². The molecule has 8 heteroatoms. The average molecular weight is 473 g/mol. The zero-order valence-corrected chi connectivity index (χ0v) is 19.3. The van der Waals surface area contributed by atoms with E-state index >= 15 is 0 Å². The number of aromatic nitrogens is 3. The van der Waals surface area contributed by atoms with Gasteiger partial charge in [0.2, 0.25) is 5.91 Å². The summed E-state index contributed by atoms with van der Waals surface area (Å²) in [5, 5.41) is 11.0. The normalized spacial score (nSPS) is 10.7. The highest BCUT2D eigenvalue weighted by Gasteiger charge is 2.10. The third-order valence-electron chi connectivity index (χ3n) is 5.41. The SMILES string of the molecule is Cc1cccc(CNC(=O)CCc2nnc(-c3ccc(OCc4ccccc4F)cc3)[nH]c2=O)c1. The molecule has 0 unspecified atom stereocenters. The van der Waals surface area contributed by atoms with Crippen molar-refractivity contribution in [3.05, 3.63) is 111 Å². The van der Waals surface area contributed by atoms with Crippen LogP contribution >= 0.6 is 0 Å². The van der Waals surface area contributed by atoms with E-state index in [9.17, 15) is 14.0 Å². The first-order valence-corrected chi connectivity index (χ1v) is 11.2. The van der Waals surface area contributed by atoms with Crippen molar-refractivity contribution in [2.24, 2.45) is 0 Å². The van der Waals surface area contributed by atoms with Gasteiger partial charge in [-0.3, -0.25) is 9.59 Å². The number of hydrogen-bond acceptors (Lipinski definition) is 5. The summed E-state index contributed by atoms with van der Waals surface area (Å²) in [4.78, 5) is 27.3. The highest BCUT2D eigenvalue weighted by molar-refractivity contribution is 5.76. The average Bonchev–Trinajstić information content (AvgIpc) is 2.86. The second kappa shape index (κ2) is 11.2. The minimum absolute atomic E-state index is 0.107. The molecule has 0 bridgehead atoms. The highest BCUT2D eigenvalue weighted by atomic mass is 19.1. The minimum atomic E-state index is -0.388. The molecule has 0 spiro atoms. The predicted molar refractivity (Wildman–Crippen MR) is 130 cm³/mol. The van der Waals surface area contributed by atoms with Crippen molar-refractivity contribution in [2.45, 2.75) is 32.9 Å². The van der Waals surface area contributed by atoms with Crippen LogP contribution < -0.4 is 15.6 Å². The van der Waals surface area contributed by atoms with Crippen LogP contribution in [0.4, 0.5) is 4.39 Å². The van der Waals surface area contributed by atoms with Crippen molar-refractivity contribution < 1.29 is 13.9 Å². The first-order chi connectivity index (χ1) is 17.0. The van der Waals surface area contributed by atoms with E-state index in [0.29, 0.717) is 29.2 Å². The Morgan fingerprint density at radius 3 is 2.57 bits per heavy atom. The fourth-order valence-corrected chi connectivity index (χ4v) is 3.48. The van der Waals surface area contributed by atoms with E-state index in [1.165, 1.54) is 6.07 Å². The molecule has 4 rings (SSSR count). The van der Waals surface area contributed by atoms with Crippen molar-refractivity contribution in [1.29, 1.82) is 0 Å². The van der Waals surface area contributed by atoms with Crippen LogP contribution in [0, 0.1) is 12.7 Å². The van der Waals surface area contributed by atoms with E-state index in [1.807, 2.05) is 31.2 Å². The van der Waals surface area contributed by atoms with Gasteiger partial charge in [-0.15, -0.1) is 10.2 Å². The number of benzene rings is 3. The summed E-state index contributed by atoms with van der Waals surface area (Å²) in [6, 6.07) is 21.2. The van der Waals surface area contributed by atoms with Crippen LogP contribution in [0.2, 0.25) is 0 Å². The number of carbonyl (C=O) groups is 1. The van der Waals surface area contributed by atoms with Gasteiger partial charge in [0.1, 0.15) is 23.9 Å². The molecule has 0 atom stereocenters. The van der Waals surface area contributed by atoms with Crippen LogP contribution in [-0.4, -0.2) is 21.1 Å². The molecule has 0 aliphatic carbocycles. The van der Waals surface area contributed by atoms with Gasteiger partial charge < -0.3 is 15.0 Å². The molecule has 2 N–H and O–H groups in total. The maximum Gasteiger partial charge on any atom is 0.273 e. The summed E-state index contributed by atoms with van der Waals surface area (Å²) in [6.07, 6.45) is 0.321. The van der Waals surface area contributed by atoms with Gasteiger partial charge in [0.15, 0.2) is 5.82 Å². The molecule has 1 aromatic heterocycles. The highest BCUT2D eigenvalue weighted by Crippen LogP contribution is 2.20. The first kappa shape index (κ1) is 23.8. The molecule has 7 nitrogen and oxygen atoms in total. The Morgan fingerprint density at radius 1 is 1.03 bits per heavy atom. The Morgan fingerprint density at radius 2 is 1.83 bits per heavy atom. The van der Waals surface area contributed by atoms with Crippen LogP contribution in [0.1, 0.15) is 28.8 Å². The molecule has 1 heterocycles. The number of halogens is 1. The van der Waals surface area contributed by atoms with Gasteiger partial charge in [0.05, 0.1) is 0 Å². The summed E-state index contributed by atoms with van der Waals surface area (Å²) in [5.41, 5.74) is 3.07. The molecule has 0 aliphatic rings. The molecular weight excluding hydrogens is 447 g/mol. The van der Waals surface area contributed by atoms with Crippen molar-refractivity contribution >= 4 is 5.91 Å². The summed E-state index contributed by atoms with van der Waals surface area (Å²) >= 11 is 0. The number of nitrogens with one attached hydrogen (secondary N) is 2. The Kier molecular flexibility index (Phi) is 7.62. The maximum absolute atomic E-state index is 13.7. The van der Waals surface area contributed by atoms with Gasteiger partial charge >= 0.3 is 0 Å². The molecule has 1 amide bonds. The number of aromatic amines is 1. The number of ether oxygens (including phenoxy) is 1. The van der Waals surface area contributed by atoms with Crippen LogP contribution in [0.3, 0.4) is 0 Å². The molecular formula is C27H25FN4O3. The quantitative estimate of drug-likeness (QED) is 0.382. The number of amides is 1. The lowest BCUT2D eigenvalue weighted by molar-refractivity contribution is -0.121. The molecule has 0 saturated heterocycles. The lowest BCUT2D eigenvalue weighted by Gasteiger charge is -2.08. The topological polar surface area (TPSA) is 97.0 Å². The maximum atomic E-state index is 13.7. The number of rotatable bonds is 9. The number of aryl methyl sites for hydroxylation is 2. The first-order valence-electron chi connectivity index (χ1n) is 11.2. The van der Waals surface area contributed by atoms with Crippen molar-refractivity contribution in [1.82, 2.24) is 20.5 Å². The molecule has 0 saturated carbocycles. The third kappa shape index (κ3) is 6.60. The molecule has 0 fully saturated rings.